The third kappa shape index (κ3) is 5.11. The second-order valence-corrected chi connectivity index (χ2v) is 9.27. The van der Waals surface area contributed by atoms with Gasteiger partial charge in [0, 0.05) is 28.3 Å². The zero-order valence-corrected chi connectivity index (χ0v) is 19.3. The number of hydrazone groups is 1. The van der Waals surface area contributed by atoms with Gasteiger partial charge < -0.3 is 9.64 Å². The maximum Gasteiger partial charge on any atom is 0.277 e. The molecule has 2 aromatic rings. The summed E-state index contributed by atoms with van der Waals surface area (Å²) >= 11 is 9.84. The summed E-state index contributed by atoms with van der Waals surface area (Å²) in [6.45, 7) is 6.58. The predicted octanol–water partition coefficient (Wildman–Crippen LogP) is 5.35. The van der Waals surface area contributed by atoms with Crippen LogP contribution in [0.5, 0.6) is 5.75 Å². The lowest BCUT2D eigenvalue weighted by Gasteiger charge is -2.45. The molecule has 0 saturated carbocycles. The lowest BCUT2D eigenvalue weighted by atomic mass is 9.80. The minimum absolute atomic E-state index is 0.0771. The van der Waals surface area contributed by atoms with Crippen molar-refractivity contribution in [1.29, 1.82) is 0 Å². The SMILES string of the molecule is CC1CC(C)(C)N(C)c2cc(Cl)c(/C=N\NC(=O)COc3cccc(Br)c3)cc21. The number of hydrogen-bond acceptors (Lipinski definition) is 4. The molecule has 0 radical (unpaired) electrons. The Morgan fingerprint density at radius 1 is 1.41 bits per heavy atom. The van der Waals surface area contributed by atoms with Crippen molar-refractivity contribution in [2.45, 2.75) is 38.6 Å². The number of amides is 1. The molecule has 3 rings (SSSR count). The Hall–Kier alpha value is -2.05. The number of nitrogens with one attached hydrogen (secondary N) is 1. The van der Waals surface area contributed by atoms with Crippen LogP contribution in [-0.2, 0) is 4.79 Å². The monoisotopic (exact) mass is 477 g/mol. The Morgan fingerprint density at radius 3 is 2.90 bits per heavy atom. The molecule has 1 amide bonds. The van der Waals surface area contributed by atoms with Gasteiger partial charge in [-0.2, -0.15) is 5.10 Å². The number of nitrogens with zero attached hydrogens (tertiary/aromatic N) is 2. The number of benzene rings is 2. The molecule has 7 heteroatoms. The first-order valence-corrected chi connectivity index (χ1v) is 10.6. The van der Waals surface area contributed by atoms with Gasteiger partial charge in [-0.05, 0) is 62.1 Å². The highest BCUT2D eigenvalue weighted by molar-refractivity contribution is 9.10. The van der Waals surface area contributed by atoms with Crippen LogP contribution >= 0.6 is 27.5 Å². The summed E-state index contributed by atoms with van der Waals surface area (Å²) in [6, 6.07) is 11.3. The number of ether oxygens (including phenoxy) is 1. The molecular weight excluding hydrogens is 454 g/mol. The normalized spacial score (nSPS) is 17.9. The first-order valence-electron chi connectivity index (χ1n) is 9.45. The molecule has 1 N–H and O–H groups in total. The summed E-state index contributed by atoms with van der Waals surface area (Å²) in [5.74, 6) is 0.677. The molecular formula is C22H25BrClN3O2. The van der Waals surface area contributed by atoms with E-state index in [4.69, 9.17) is 16.3 Å². The van der Waals surface area contributed by atoms with Gasteiger partial charge in [-0.1, -0.05) is 40.5 Å². The fraction of sp³-hybridized carbons (Fsp3) is 0.364. The number of halogens is 2. The Bertz CT molecular complexity index is 946. The Morgan fingerprint density at radius 2 is 2.17 bits per heavy atom. The summed E-state index contributed by atoms with van der Waals surface area (Å²) in [4.78, 5) is 14.2. The lowest BCUT2D eigenvalue weighted by Crippen LogP contribution is -2.45. The van der Waals surface area contributed by atoms with Crippen LogP contribution in [0.1, 0.15) is 44.2 Å². The maximum absolute atomic E-state index is 12.0. The van der Waals surface area contributed by atoms with E-state index < -0.39 is 0 Å². The van der Waals surface area contributed by atoms with Crippen molar-refractivity contribution < 1.29 is 9.53 Å². The average Bonchev–Trinajstić information content (AvgIpc) is 2.65. The molecule has 0 aromatic heterocycles. The van der Waals surface area contributed by atoms with E-state index in [1.807, 2.05) is 18.2 Å². The Kier molecular flexibility index (Phi) is 6.54. The van der Waals surface area contributed by atoms with E-state index >= 15 is 0 Å². The van der Waals surface area contributed by atoms with E-state index in [9.17, 15) is 4.79 Å². The molecule has 154 valence electrons. The first kappa shape index (κ1) is 21.7. The number of carbonyl (C=O) groups is 1. The van der Waals surface area contributed by atoms with Crippen molar-refractivity contribution in [3.8, 4) is 5.75 Å². The molecule has 0 spiro atoms. The molecule has 0 aliphatic carbocycles. The third-order valence-electron chi connectivity index (χ3n) is 5.31. The third-order valence-corrected chi connectivity index (χ3v) is 6.13. The molecule has 1 aliphatic rings. The highest BCUT2D eigenvalue weighted by Gasteiger charge is 2.34. The molecule has 2 aromatic carbocycles. The van der Waals surface area contributed by atoms with E-state index in [-0.39, 0.29) is 18.1 Å². The van der Waals surface area contributed by atoms with Gasteiger partial charge >= 0.3 is 0 Å². The number of fused-ring (bicyclic) bond motifs is 1. The molecule has 0 saturated heterocycles. The van der Waals surface area contributed by atoms with Crippen LogP contribution in [-0.4, -0.2) is 31.3 Å². The molecule has 1 heterocycles. The van der Waals surface area contributed by atoms with Crippen LogP contribution in [0.15, 0.2) is 46.0 Å². The minimum Gasteiger partial charge on any atom is -0.484 e. The Balaban J connectivity index is 1.65. The number of carbonyl (C=O) groups excluding carboxylic acids is 1. The van der Waals surface area contributed by atoms with Gasteiger partial charge in [-0.25, -0.2) is 5.43 Å². The zero-order chi connectivity index (χ0) is 21.2. The van der Waals surface area contributed by atoms with E-state index in [0.29, 0.717) is 16.7 Å². The van der Waals surface area contributed by atoms with Gasteiger partial charge in [0.05, 0.1) is 11.2 Å². The zero-order valence-electron chi connectivity index (χ0n) is 17.0. The Labute approximate surface area is 185 Å². The maximum atomic E-state index is 12.0. The smallest absolute Gasteiger partial charge is 0.277 e. The van der Waals surface area contributed by atoms with Crippen LogP contribution in [0.4, 0.5) is 5.69 Å². The van der Waals surface area contributed by atoms with Crippen molar-refractivity contribution in [2.24, 2.45) is 5.10 Å². The molecule has 29 heavy (non-hydrogen) atoms. The topological polar surface area (TPSA) is 53.9 Å². The fourth-order valence-electron chi connectivity index (χ4n) is 3.62. The number of anilines is 1. The molecule has 1 unspecified atom stereocenters. The molecule has 1 aliphatic heterocycles. The quantitative estimate of drug-likeness (QED) is 0.465. The summed E-state index contributed by atoms with van der Waals surface area (Å²) in [5, 5.41) is 4.64. The van der Waals surface area contributed by atoms with Crippen LogP contribution < -0.4 is 15.1 Å². The van der Waals surface area contributed by atoms with Crippen molar-refractivity contribution in [1.82, 2.24) is 5.43 Å². The van der Waals surface area contributed by atoms with Crippen LogP contribution in [0.3, 0.4) is 0 Å². The largest absolute Gasteiger partial charge is 0.484 e. The minimum atomic E-state index is -0.342. The standard InChI is InChI=1S/C22H25BrClN3O2/c1-14-11-22(2,3)27(4)20-10-19(24)15(8-18(14)20)12-25-26-21(28)13-29-17-7-5-6-16(23)9-17/h5-10,12,14H,11,13H2,1-4H3,(H,26,28)/b25-12-. The van der Waals surface area contributed by atoms with Crippen molar-refractivity contribution >= 4 is 45.3 Å². The summed E-state index contributed by atoms with van der Waals surface area (Å²) in [5.41, 5.74) is 5.71. The van der Waals surface area contributed by atoms with Gasteiger partial charge in [0.2, 0.25) is 0 Å². The molecule has 1 atom stereocenters. The van der Waals surface area contributed by atoms with Gasteiger partial charge in [0.25, 0.3) is 5.91 Å². The molecule has 0 fully saturated rings. The van der Waals surface area contributed by atoms with Gasteiger partial charge in [0.1, 0.15) is 5.75 Å². The fourth-order valence-corrected chi connectivity index (χ4v) is 4.20. The number of rotatable bonds is 5. The highest BCUT2D eigenvalue weighted by atomic mass is 79.9. The van der Waals surface area contributed by atoms with Crippen molar-refractivity contribution in [2.75, 3.05) is 18.6 Å². The van der Waals surface area contributed by atoms with Crippen LogP contribution in [0.2, 0.25) is 5.02 Å². The predicted molar refractivity (Wildman–Crippen MR) is 122 cm³/mol. The van der Waals surface area contributed by atoms with E-state index in [2.05, 4.69) is 65.2 Å². The summed E-state index contributed by atoms with van der Waals surface area (Å²) in [7, 11) is 2.10. The summed E-state index contributed by atoms with van der Waals surface area (Å²) in [6.07, 6.45) is 2.63. The van der Waals surface area contributed by atoms with Gasteiger partial charge in [0.15, 0.2) is 6.61 Å². The van der Waals surface area contributed by atoms with E-state index in [1.54, 1.807) is 18.3 Å². The van der Waals surface area contributed by atoms with Crippen molar-refractivity contribution in [3.05, 3.63) is 57.0 Å². The second-order valence-electron chi connectivity index (χ2n) is 7.95. The summed E-state index contributed by atoms with van der Waals surface area (Å²) < 4.78 is 6.34. The van der Waals surface area contributed by atoms with E-state index in [1.165, 1.54) is 5.56 Å². The van der Waals surface area contributed by atoms with Gasteiger partial charge in [-0.15, -0.1) is 0 Å². The lowest BCUT2D eigenvalue weighted by molar-refractivity contribution is -0.123. The van der Waals surface area contributed by atoms with Crippen LogP contribution in [0, 0.1) is 0 Å². The first-order chi connectivity index (χ1) is 13.7. The van der Waals surface area contributed by atoms with Crippen molar-refractivity contribution in [3.63, 3.8) is 0 Å². The average molecular weight is 479 g/mol. The highest BCUT2D eigenvalue weighted by Crippen LogP contribution is 2.44. The van der Waals surface area contributed by atoms with Crippen LogP contribution in [0.25, 0.3) is 0 Å². The van der Waals surface area contributed by atoms with E-state index in [0.717, 1.165) is 22.1 Å². The molecule has 0 bridgehead atoms. The van der Waals surface area contributed by atoms with Gasteiger partial charge in [-0.3, -0.25) is 4.79 Å². The number of hydrogen-bond donors (Lipinski definition) is 1. The second kappa shape index (κ2) is 8.76. The molecule has 5 nitrogen and oxygen atoms in total.